The maximum absolute atomic E-state index is 13.1. The van der Waals surface area contributed by atoms with Gasteiger partial charge in [0.05, 0.1) is 1.93 Å². The highest BCUT2D eigenvalue weighted by atomic mass is 127. The van der Waals surface area contributed by atoms with Gasteiger partial charge in [-0.15, -0.1) is 0 Å². The van der Waals surface area contributed by atoms with Crippen LogP contribution in [0.25, 0.3) is 0 Å². The third-order valence-corrected chi connectivity index (χ3v) is 13.6. The van der Waals surface area contributed by atoms with E-state index in [1.165, 1.54) is 18.2 Å². The molecule has 2 aromatic carbocycles. The Morgan fingerprint density at radius 1 is 1.06 bits per heavy atom. The predicted molar refractivity (Wildman–Crippen MR) is 160 cm³/mol. The van der Waals surface area contributed by atoms with Crippen molar-refractivity contribution in [2.24, 2.45) is 5.73 Å². The minimum absolute atomic E-state index is 0.102. The molecular formula is C22H16F3I4N3O2. The lowest BCUT2D eigenvalue weighted by molar-refractivity contribution is -0.141. The number of benzene rings is 2. The van der Waals surface area contributed by atoms with Crippen molar-refractivity contribution in [1.82, 2.24) is 4.98 Å². The summed E-state index contributed by atoms with van der Waals surface area (Å²) < 4.78 is 45.1. The normalized spacial score (nSPS) is 12.0. The van der Waals surface area contributed by atoms with E-state index < -0.39 is 11.9 Å². The molecule has 1 aromatic heterocycles. The van der Waals surface area contributed by atoms with Gasteiger partial charge in [-0.05, 0) is 47.5 Å². The zero-order valence-electron chi connectivity index (χ0n) is 17.0. The Balaban J connectivity index is 1.81. The first-order chi connectivity index (χ1) is 15.9. The molecule has 0 aliphatic carbocycles. The molecule has 3 N–H and O–H groups in total. The van der Waals surface area contributed by atoms with Crippen LogP contribution in [0, 0.1) is 0 Å². The summed E-state index contributed by atoms with van der Waals surface area (Å²) in [4.78, 5) is 16.4. The molecule has 0 spiro atoms. The Morgan fingerprint density at radius 3 is 2.41 bits per heavy atom. The number of carbonyl (C=O) groups is 1. The summed E-state index contributed by atoms with van der Waals surface area (Å²) in [7, 11) is 0. The van der Waals surface area contributed by atoms with Crippen molar-refractivity contribution in [2.45, 2.75) is 16.1 Å². The van der Waals surface area contributed by atoms with E-state index in [1.807, 2.05) is 18.2 Å². The summed E-state index contributed by atoms with van der Waals surface area (Å²) in [5, 5.41) is 2.86. The maximum Gasteiger partial charge on any atom is 0.433 e. The topological polar surface area (TPSA) is 77.2 Å². The van der Waals surface area contributed by atoms with E-state index in [2.05, 4.69) is 101 Å². The Kier molecular flexibility index (Phi) is 9.69. The molecule has 0 bridgehead atoms. The molecule has 12 heteroatoms. The van der Waals surface area contributed by atoms with Crippen molar-refractivity contribution in [1.29, 1.82) is 0 Å². The quantitative estimate of drug-likeness (QED) is 0.187. The molecule has 0 fully saturated rings. The van der Waals surface area contributed by atoms with Crippen molar-refractivity contribution in [3.63, 3.8) is 0 Å². The third-order valence-electron chi connectivity index (χ3n) is 4.49. The number of nitrogens with one attached hydrogen (secondary N) is 1. The van der Waals surface area contributed by atoms with Gasteiger partial charge in [0.15, 0.2) is 0 Å². The second-order valence-corrected chi connectivity index (χ2v) is 17.3. The molecule has 1 heterocycles. The van der Waals surface area contributed by atoms with Crippen LogP contribution in [0.4, 0.5) is 18.9 Å². The summed E-state index contributed by atoms with van der Waals surface area (Å²) in [6.07, 6.45) is -4.64. The van der Waals surface area contributed by atoms with Crippen molar-refractivity contribution < 1.29 is 22.7 Å². The molecule has 0 aliphatic rings. The number of nitrogens with two attached hydrogens (primary N) is 1. The Bertz CT molecular complexity index is 1190. The van der Waals surface area contributed by atoms with E-state index in [4.69, 9.17) is 10.5 Å². The lowest BCUT2D eigenvalue weighted by atomic mass is 10.1. The number of hydrogen-bond acceptors (Lipinski definition) is 4. The smallest absolute Gasteiger partial charge is 0.433 e. The monoisotopic (exact) mass is 919 g/mol. The molecule has 3 rings (SSSR count). The fraction of sp³-hybridized carbons (Fsp3) is 0.182. The number of hydrogen-bond donors (Lipinski definition) is 2. The first-order valence-corrected chi connectivity index (χ1v) is 14.2. The Hall–Kier alpha value is -0.470. The predicted octanol–water partition coefficient (Wildman–Crippen LogP) is 7.82. The molecule has 0 atom stereocenters. The minimum Gasteiger partial charge on any atom is -0.439 e. The Labute approximate surface area is 248 Å². The zero-order valence-corrected chi connectivity index (χ0v) is 25.7. The lowest BCUT2D eigenvalue weighted by Gasteiger charge is -2.23. The van der Waals surface area contributed by atoms with E-state index in [9.17, 15) is 18.0 Å². The average Bonchev–Trinajstić information content (AvgIpc) is 2.78. The average molecular weight is 919 g/mol. The number of alkyl halides is 7. The van der Waals surface area contributed by atoms with E-state index in [1.54, 1.807) is 18.2 Å². The second kappa shape index (κ2) is 11.7. The SMILES string of the molecule is NCc1cc(Oc2cccc(C(=O)Nc3cccc(C(I)(I)C(I)I)c3)c2)nc(C(F)(F)F)c1. The number of carbonyl (C=O) groups excluding carboxylic acids is 1. The molecule has 0 unspecified atom stereocenters. The zero-order chi connectivity index (χ0) is 25.1. The van der Waals surface area contributed by atoms with E-state index >= 15 is 0 Å². The molecule has 5 nitrogen and oxygen atoms in total. The van der Waals surface area contributed by atoms with Gasteiger partial charge in [0.25, 0.3) is 5.91 Å². The van der Waals surface area contributed by atoms with Gasteiger partial charge in [-0.25, -0.2) is 4.98 Å². The molecule has 180 valence electrons. The molecule has 3 aromatic rings. The molecule has 0 saturated carbocycles. The first-order valence-electron chi connectivity index (χ1n) is 9.54. The number of nitrogens with zero attached hydrogens (tertiary/aromatic N) is 1. The van der Waals surface area contributed by atoms with Crippen molar-refractivity contribution in [3.8, 4) is 11.6 Å². The van der Waals surface area contributed by atoms with Gasteiger partial charge >= 0.3 is 6.18 Å². The molecule has 1 amide bonds. The number of pyridine rings is 1. The largest absolute Gasteiger partial charge is 0.439 e. The summed E-state index contributed by atoms with van der Waals surface area (Å²) in [6.45, 7) is -0.102. The minimum atomic E-state index is -4.64. The summed E-state index contributed by atoms with van der Waals surface area (Å²) in [6, 6.07) is 15.9. The van der Waals surface area contributed by atoms with Crippen LogP contribution in [0.15, 0.2) is 60.7 Å². The van der Waals surface area contributed by atoms with Gasteiger partial charge < -0.3 is 15.8 Å². The summed E-state index contributed by atoms with van der Waals surface area (Å²) >= 11 is 9.47. The number of aromatic nitrogens is 1. The van der Waals surface area contributed by atoms with Gasteiger partial charge in [-0.3, -0.25) is 4.79 Å². The van der Waals surface area contributed by atoms with Gasteiger partial charge in [-0.2, -0.15) is 13.2 Å². The number of amides is 1. The third kappa shape index (κ3) is 7.28. The first kappa shape index (κ1) is 28.1. The molecule has 34 heavy (non-hydrogen) atoms. The van der Waals surface area contributed by atoms with Gasteiger partial charge in [0.1, 0.15) is 12.9 Å². The second-order valence-electron chi connectivity index (χ2n) is 6.99. The molecule has 0 radical (unpaired) electrons. The van der Waals surface area contributed by atoms with Crippen LogP contribution in [0.3, 0.4) is 0 Å². The van der Waals surface area contributed by atoms with Crippen molar-refractivity contribution >= 4 is 102 Å². The number of anilines is 1. The van der Waals surface area contributed by atoms with E-state index in [-0.39, 0.29) is 36.6 Å². The van der Waals surface area contributed by atoms with Gasteiger partial charge in [0, 0.05) is 23.9 Å². The fourth-order valence-corrected chi connectivity index (χ4v) is 4.22. The molecule has 0 saturated heterocycles. The lowest BCUT2D eigenvalue weighted by Crippen LogP contribution is -2.17. The summed E-state index contributed by atoms with van der Waals surface area (Å²) in [5.74, 6) is -0.462. The fourth-order valence-electron chi connectivity index (χ4n) is 2.83. The van der Waals surface area contributed by atoms with Gasteiger partial charge in [0.2, 0.25) is 5.88 Å². The highest BCUT2D eigenvalue weighted by Gasteiger charge is 2.34. The standard InChI is InChI=1S/C22H16F3I4N3O2/c23-22(24,25)17-7-12(11-30)8-18(32-17)34-16-6-1-3-13(9-16)19(33)31-15-5-2-4-14(10-15)21(28,29)20(26)27/h1-10,20H,11,30H2,(H,31,33). The highest BCUT2D eigenvalue weighted by Crippen LogP contribution is 2.49. The van der Waals surface area contributed by atoms with Crippen LogP contribution in [0.2, 0.25) is 0 Å². The van der Waals surface area contributed by atoms with Crippen LogP contribution in [-0.2, 0) is 14.1 Å². The van der Waals surface area contributed by atoms with Crippen LogP contribution in [0.1, 0.15) is 27.2 Å². The van der Waals surface area contributed by atoms with E-state index in [0.717, 1.165) is 11.6 Å². The highest BCUT2D eigenvalue weighted by molar-refractivity contribution is 14.2. The van der Waals surface area contributed by atoms with Gasteiger partial charge in [-0.1, -0.05) is 109 Å². The van der Waals surface area contributed by atoms with Crippen molar-refractivity contribution in [2.75, 3.05) is 5.32 Å². The molecule has 0 aliphatic heterocycles. The van der Waals surface area contributed by atoms with Crippen LogP contribution in [-0.4, -0.2) is 12.8 Å². The van der Waals surface area contributed by atoms with Crippen LogP contribution in [0.5, 0.6) is 11.6 Å². The van der Waals surface area contributed by atoms with Crippen LogP contribution >= 0.6 is 90.4 Å². The number of rotatable bonds is 7. The molecular weight excluding hydrogens is 903 g/mol. The van der Waals surface area contributed by atoms with Crippen LogP contribution < -0.4 is 15.8 Å². The summed E-state index contributed by atoms with van der Waals surface area (Å²) in [5.41, 5.74) is 6.62. The maximum atomic E-state index is 13.1. The number of ether oxygens (including phenoxy) is 1. The Morgan fingerprint density at radius 2 is 1.76 bits per heavy atom. The van der Waals surface area contributed by atoms with E-state index in [0.29, 0.717) is 7.62 Å². The number of halogens is 7. The van der Waals surface area contributed by atoms with Crippen molar-refractivity contribution in [3.05, 3.63) is 83.0 Å².